The summed E-state index contributed by atoms with van der Waals surface area (Å²) in [5.41, 5.74) is 10.5. The Morgan fingerprint density at radius 1 is 1.03 bits per heavy atom. The van der Waals surface area contributed by atoms with Crippen LogP contribution in [0.25, 0.3) is 11.1 Å². The SMILES string of the molecule is CNC(=O)[C@@H](N)CCCCNC(=O)OCC1c2ccccc2-c2ccccc21.Cl. The number of likely N-dealkylation sites (N-methyl/N-ethyl adjacent to an activating group) is 1. The number of unbranched alkanes of at least 4 members (excludes halogenated alkanes) is 1. The number of carbonyl (C=O) groups excluding carboxylic acids is 2. The van der Waals surface area contributed by atoms with Gasteiger partial charge in [0.05, 0.1) is 6.04 Å². The van der Waals surface area contributed by atoms with Crippen LogP contribution in [-0.4, -0.2) is 38.2 Å². The lowest BCUT2D eigenvalue weighted by Gasteiger charge is -2.14. The van der Waals surface area contributed by atoms with E-state index in [1.165, 1.54) is 22.3 Å². The minimum Gasteiger partial charge on any atom is -0.449 e. The van der Waals surface area contributed by atoms with Crippen molar-refractivity contribution in [3.05, 3.63) is 59.7 Å². The number of nitrogens with two attached hydrogens (primary N) is 1. The summed E-state index contributed by atoms with van der Waals surface area (Å²) in [5.74, 6) is -0.104. The maximum Gasteiger partial charge on any atom is 0.407 e. The molecule has 0 aliphatic heterocycles. The van der Waals surface area contributed by atoms with Gasteiger partial charge in [-0.3, -0.25) is 4.79 Å². The molecule has 0 heterocycles. The second-order valence-electron chi connectivity index (χ2n) is 6.97. The largest absolute Gasteiger partial charge is 0.449 e. The van der Waals surface area contributed by atoms with Crippen molar-refractivity contribution in [2.24, 2.45) is 5.73 Å². The highest BCUT2D eigenvalue weighted by Gasteiger charge is 2.28. The van der Waals surface area contributed by atoms with Gasteiger partial charge in [-0.1, -0.05) is 48.5 Å². The first-order valence-electron chi connectivity index (χ1n) is 9.68. The van der Waals surface area contributed by atoms with Gasteiger partial charge in [0.1, 0.15) is 6.61 Å². The Kier molecular flexibility index (Phi) is 8.49. The van der Waals surface area contributed by atoms with Crippen LogP contribution in [0.15, 0.2) is 48.5 Å². The summed E-state index contributed by atoms with van der Waals surface area (Å²) in [6.07, 6.45) is 1.68. The van der Waals surface area contributed by atoms with Crippen LogP contribution >= 0.6 is 12.4 Å². The van der Waals surface area contributed by atoms with E-state index in [0.717, 1.165) is 12.8 Å². The average molecular weight is 418 g/mol. The van der Waals surface area contributed by atoms with Crippen molar-refractivity contribution in [3.8, 4) is 11.1 Å². The molecule has 0 spiro atoms. The van der Waals surface area contributed by atoms with E-state index in [1.807, 2.05) is 24.3 Å². The van der Waals surface area contributed by atoms with Crippen LogP contribution < -0.4 is 16.4 Å². The number of ether oxygens (including phenoxy) is 1. The Labute approximate surface area is 177 Å². The minimum absolute atomic E-state index is 0. The molecule has 2 aromatic rings. The van der Waals surface area contributed by atoms with Crippen molar-refractivity contribution in [2.75, 3.05) is 20.2 Å². The molecular formula is C22H28ClN3O3. The molecule has 156 valence electrons. The summed E-state index contributed by atoms with van der Waals surface area (Å²) in [7, 11) is 1.57. The molecule has 1 aliphatic rings. The quantitative estimate of drug-likeness (QED) is 0.575. The van der Waals surface area contributed by atoms with Crippen LogP contribution in [0, 0.1) is 0 Å². The smallest absolute Gasteiger partial charge is 0.407 e. The Balaban J connectivity index is 0.00000300. The van der Waals surface area contributed by atoms with Crippen LogP contribution in [0.3, 0.4) is 0 Å². The molecule has 0 unspecified atom stereocenters. The summed E-state index contributed by atoms with van der Waals surface area (Å²) in [5, 5.41) is 5.30. The molecule has 2 amide bonds. The van der Waals surface area contributed by atoms with E-state index in [0.29, 0.717) is 19.6 Å². The number of halogens is 1. The molecule has 1 atom stereocenters. The molecule has 0 radical (unpaired) electrons. The highest BCUT2D eigenvalue weighted by molar-refractivity contribution is 5.85. The highest BCUT2D eigenvalue weighted by Crippen LogP contribution is 2.44. The predicted molar refractivity (Wildman–Crippen MR) is 116 cm³/mol. The molecule has 2 aromatic carbocycles. The number of rotatable bonds is 8. The van der Waals surface area contributed by atoms with Crippen LogP contribution in [0.2, 0.25) is 0 Å². The number of amides is 2. The lowest BCUT2D eigenvalue weighted by Crippen LogP contribution is -2.38. The number of carbonyl (C=O) groups is 2. The molecule has 29 heavy (non-hydrogen) atoms. The molecule has 0 bridgehead atoms. The standard InChI is InChI=1S/C22H27N3O3.ClH/c1-24-21(26)20(23)12-6-7-13-25-22(27)28-14-19-17-10-4-2-8-15(17)16-9-3-5-11-18(16)19;/h2-5,8-11,19-20H,6-7,12-14,23H2,1H3,(H,24,26)(H,25,27);1H/t20-;/m0./s1. The Morgan fingerprint density at radius 3 is 2.21 bits per heavy atom. The van der Waals surface area contributed by atoms with E-state index in [4.69, 9.17) is 10.5 Å². The van der Waals surface area contributed by atoms with Crippen LogP contribution in [-0.2, 0) is 9.53 Å². The van der Waals surface area contributed by atoms with Gasteiger partial charge in [-0.25, -0.2) is 4.79 Å². The van der Waals surface area contributed by atoms with Crippen molar-refractivity contribution >= 4 is 24.4 Å². The van der Waals surface area contributed by atoms with Gasteiger partial charge >= 0.3 is 6.09 Å². The van der Waals surface area contributed by atoms with Crippen molar-refractivity contribution in [1.82, 2.24) is 10.6 Å². The molecule has 7 heteroatoms. The van der Waals surface area contributed by atoms with Gasteiger partial charge in [0.25, 0.3) is 0 Å². The van der Waals surface area contributed by atoms with E-state index in [9.17, 15) is 9.59 Å². The third-order valence-corrected chi connectivity index (χ3v) is 5.14. The van der Waals surface area contributed by atoms with Gasteiger partial charge in [0.2, 0.25) is 5.91 Å². The fourth-order valence-corrected chi connectivity index (χ4v) is 3.65. The van der Waals surface area contributed by atoms with E-state index < -0.39 is 12.1 Å². The Bertz CT molecular complexity index is 798. The lowest BCUT2D eigenvalue weighted by atomic mass is 9.98. The Morgan fingerprint density at radius 2 is 1.62 bits per heavy atom. The highest BCUT2D eigenvalue weighted by atomic mass is 35.5. The topological polar surface area (TPSA) is 93.5 Å². The first kappa shape index (κ1) is 22.7. The first-order valence-corrected chi connectivity index (χ1v) is 9.68. The monoisotopic (exact) mass is 417 g/mol. The van der Waals surface area contributed by atoms with Crippen LogP contribution in [0.1, 0.15) is 36.3 Å². The normalized spacial score (nSPS) is 12.9. The average Bonchev–Trinajstić information content (AvgIpc) is 3.05. The van der Waals surface area contributed by atoms with E-state index in [2.05, 4.69) is 34.9 Å². The van der Waals surface area contributed by atoms with E-state index in [-0.39, 0.29) is 24.2 Å². The molecule has 0 aromatic heterocycles. The van der Waals surface area contributed by atoms with E-state index in [1.54, 1.807) is 7.05 Å². The molecule has 4 N–H and O–H groups in total. The maximum atomic E-state index is 12.1. The fourth-order valence-electron chi connectivity index (χ4n) is 3.65. The van der Waals surface area contributed by atoms with Gasteiger partial charge in [-0.2, -0.15) is 0 Å². The number of hydrogen-bond donors (Lipinski definition) is 3. The third kappa shape index (κ3) is 5.49. The molecular weight excluding hydrogens is 390 g/mol. The van der Waals surface area contributed by atoms with Crippen molar-refractivity contribution in [1.29, 1.82) is 0 Å². The molecule has 0 saturated carbocycles. The molecule has 1 aliphatic carbocycles. The molecule has 0 fully saturated rings. The van der Waals surface area contributed by atoms with E-state index >= 15 is 0 Å². The van der Waals surface area contributed by atoms with Crippen molar-refractivity contribution < 1.29 is 14.3 Å². The number of hydrogen-bond acceptors (Lipinski definition) is 4. The minimum atomic E-state index is -0.501. The number of alkyl carbamates (subject to hydrolysis) is 1. The van der Waals surface area contributed by atoms with Crippen LogP contribution in [0.4, 0.5) is 4.79 Å². The second-order valence-corrected chi connectivity index (χ2v) is 6.97. The second kappa shape index (κ2) is 10.8. The van der Waals surface area contributed by atoms with Gasteiger partial charge in [0, 0.05) is 19.5 Å². The zero-order valence-corrected chi connectivity index (χ0v) is 17.3. The Hall–Kier alpha value is -2.57. The van der Waals surface area contributed by atoms with Crippen LogP contribution in [0.5, 0.6) is 0 Å². The fraction of sp³-hybridized carbons (Fsp3) is 0.364. The van der Waals surface area contributed by atoms with Gasteiger partial charge in [-0.15, -0.1) is 12.4 Å². The number of fused-ring (bicyclic) bond motifs is 3. The van der Waals surface area contributed by atoms with Crippen molar-refractivity contribution in [2.45, 2.75) is 31.2 Å². The number of nitrogens with one attached hydrogen (secondary N) is 2. The lowest BCUT2D eigenvalue weighted by molar-refractivity contribution is -0.122. The maximum absolute atomic E-state index is 12.1. The summed E-state index contributed by atoms with van der Waals surface area (Å²) in [6, 6.07) is 16.0. The zero-order valence-electron chi connectivity index (χ0n) is 16.5. The third-order valence-electron chi connectivity index (χ3n) is 5.14. The molecule has 6 nitrogen and oxygen atoms in total. The van der Waals surface area contributed by atoms with Gasteiger partial charge in [-0.05, 0) is 41.5 Å². The molecule has 3 rings (SSSR count). The zero-order chi connectivity index (χ0) is 19.9. The summed E-state index contributed by atoms with van der Waals surface area (Å²) in [6.45, 7) is 0.804. The first-order chi connectivity index (χ1) is 13.6. The molecule has 0 saturated heterocycles. The summed E-state index contributed by atoms with van der Waals surface area (Å²) in [4.78, 5) is 23.4. The summed E-state index contributed by atoms with van der Waals surface area (Å²) >= 11 is 0. The number of benzene rings is 2. The predicted octanol–water partition coefficient (Wildman–Crippen LogP) is 3.19. The van der Waals surface area contributed by atoms with Gasteiger partial charge in [0.15, 0.2) is 0 Å². The van der Waals surface area contributed by atoms with Gasteiger partial charge < -0.3 is 21.1 Å². The van der Waals surface area contributed by atoms with Crippen molar-refractivity contribution in [3.63, 3.8) is 0 Å². The summed E-state index contributed by atoms with van der Waals surface area (Å²) < 4.78 is 5.48.